The number of Topliss-reactive ketones (excluding diaryl/α,β-unsaturated/α-hetero) is 1. The normalized spacial score (nSPS) is 10.4. The molecule has 0 saturated heterocycles. The first-order valence-electron chi connectivity index (χ1n) is 4.94. The van der Waals surface area contributed by atoms with Crippen molar-refractivity contribution in [3.05, 3.63) is 17.0 Å². The molecule has 1 aromatic heterocycles. The molecule has 0 unspecified atom stereocenters. The molecule has 0 spiro atoms. The highest BCUT2D eigenvalue weighted by Crippen LogP contribution is 2.17. The Morgan fingerprint density at radius 3 is 2.20 bits per heavy atom. The molecular formula is C11H16N2OS. The number of aryl methyl sites for hydroxylation is 2. The zero-order valence-corrected chi connectivity index (χ0v) is 10.4. The summed E-state index contributed by atoms with van der Waals surface area (Å²) in [5.41, 5.74) is 3.19. The van der Waals surface area contributed by atoms with Crippen molar-refractivity contribution in [1.82, 2.24) is 9.97 Å². The van der Waals surface area contributed by atoms with E-state index in [1.54, 1.807) is 18.7 Å². The molecule has 1 rings (SSSR count). The maximum Gasteiger partial charge on any atom is 0.188 e. The molecule has 82 valence electrons. The van der Waals surface area contributed by atoms with Crippen molar-refractivity contribution in [3.63, 3.8) is 0 Å². The molecule has 0 aliphatic carbocycles. The smallest absolute Gasteiger partial charge is 0.188 e. The first kappa shape index (κ1) is 12.2. The van der Waals surface area contributed by atoms with E-state index in [2.05, 4.69) is 9.97 Å². The van der Waals surface area contributed by atoms with Gasteiger partial charge in [0, 0.05) is 23.6 Å². The highest BCUT2D eigenvalue weighted by Gasteiger charge is 2.05. The lowest BCUT2D eigenvalue weighted by Gasteiger charge is -2.05. The molecule has 0 aromatic carbocycles. The molecule has 0 bridgehead atoms. The van der Waals surface area contributed by atoms with E-state index in [4.69, 9.17) is 0 Å². The highest BCUT2D eigenvalue weighted by atomic mass is 32.2. The molecule has 0 amide bonds. The van der Waals surface area contributed by atoms with Crippen LogP contribution in [0.5, 0.6) is 0 Å². The molecule has 0 aliphatic rings. The Labute approximate surface area is 94.7 Å². The zero-order chi connectivity index (χ0) is 11.4. The number of hydrogen-bond acceptors (Lipinski definition) is 4. The summed E-state index contributed by atoms with van der Waals surface area (Å²) in [5.74, 6) is 0.972. The Kier molecular flexibility index (Phi) is 4.27. The van der Waals surface area contributed by atoms with Gasteiger partial charge >= 0.3 is 0 Å². The lowest BCUT2D eigenvalue weighted by atomic mass is 10.2. The Bertz CT molecular complexity index is 354. The van der Waals surface area contributed by atoms with Crippen molar-refractivity contribution in [2.75, 3.05) is 5.75 Å². The van der Waals surface area contributed by atoms with Crippen LogP contribution in [-0.4, -0.2) is 21.5 Å². The van der Waals surface area contributed by atoms with Gasteiger partial charge in [-0.3, -0.25) is 4.79 Å². The summed E-state index contributed by atoms with van der Waals surface area (Å²) < 4.78 is 0. The summed E-state index contributed by atoms with van der Waals surface area (Å²) in [6, 6.07) is 0. The first-order valence-corrected chi connectivity index (χ1v) is 5.93. The van der Waals surface area contributed by atoms with Gasteiger partial charge in [0.25, 0.3) is 0 Å². The van der Waals surface area contributed by atoms with E-state index < -0.39 is 0 Å². The molecule has 3 nitrogen and oxygen atoms in total. The van der Waals surface area contributed by atoms with Crippen LogP contribution < -0.4 is 0 Å². The topological polar surface area (TPSA) is 42.9 Å². The minimum absolute atomic E-state index is 0.211. The van der Waals surface area contributed by atoms with Crippen LogP contribution in [-0.2, 0) is 4.79 Å². The Hall–Kier alpha value is -0.900. The molecule has 1 heterocycles. The molecule has 0 atom stereocenters. The lowest BCUT2D eigenvalue weighted by molar-refractivity contribution is -0.116. The third-order valence-corrected chi connectivity index (χ3v) is 3.15. The van der Waals surface area contributed by atoms with Crippen molar-refractivity contribution in [2.24, 2.45) is 0 Å². The number of aromatic nitrogens is 2. The standard InChI is InChI=1S/C11H16N2OS/c1-7(14)5-6-15-11-12-9(3)8(2)10(4)13-11/h5-6H2,1-4H3. The summed E-state index contributed by atoms with van der Waals surface area (Å²) in [6.45, 7) is 7.60. The second-order valence-corrected chi connectivity index (χ2v) is 4.66. The molecule has 0 saturated carbocycles. The van der Waals surface area contributed by atoms with E-state index >= 15 is 0 Å². The summed E-state index contributed by atoms with van der Waals surface area (Å²) in [6.07, 6.45) is 0.583. The maximum atomic E-state index is 10.8. The van der Waals surface area contributed by atoms with E-state index in [1.165, 1.54) is 0 Å². The fourth-order valence-electron chi connectivity index (χ4n) is 1.09. The number of nitrogens with zero attached hydrogens (tertiary/aromatic N) is 2. The van der Waals surface area contributed by atoms with Gasteiger partial charge in [-0.25, -0.2) is 9.97 Å². The molecule has 0 radical (unpaired) electrons. The predicted molar refractivity (Wildman–Crippen MR) is 62.3 cm³/mol. The average Bonchev–Trinajstić information content (AvgIpc) is 2.13. The predicted octanol–water partition coefficient (Wildman–Crippen LogP) is 2.47. The molecule has 0 aliphatic heterocycles. The van der Waals surface area contributed by atoms with Gasteiger partial charge in [0.05, 0.1) is 0 Å². The van der Waals surface area contributed by atoms with Crippen molar-refractivity contribution >= 4 is 17.5 Å². The molecular weight excluding hydrogens is 208 g/mol. The van der Waals surface area contributed by atoms with Crippen LogP contribution in [0.2, 0.25) is 0 Å². The van der Waals surface area contributed by atoms with Crippen molar-refractivity contribution in [1.29, 1.82) is 0 Å². The van der Waals surface area contributed by atoms with Crippen molar-refractivity contribution < 1.29 is 4.79 Å². The van der Waals surface area contributed by atoms with Gasteiger partial charge in [0.1, 0.15) is 5.78 Å². The summed E-state index contributed by atoms with van der Waals surface area (Å²) in [5, 5.41) is 0.775. The first-order chi connectivity index (χ1) is 7.00. The van der Waals surface area contributed by atoms with Gasteiger partial charge in [-0.05, 0) is 33.3 Å². The number of rotatable bonds is 4. The Morgan fingerprint density at radius 1 is 1.20 bits per heavy atom. The largest absolute Gasteiger partial charge is 0.300 e. The minimum atomic E-state index is 0.211. The van der Waals surface area contributed by atoms with Crippen LogP contribution in [0.3, 0.4) is 0 Å². The molecule has 0 fully saturated rings. The number of carbonyl (C=O) groups excluding carboxylic acids is 1. The second kappa shape index (κ2) is 5.26. The Balaban J connectivity index is 2.66. The SMILES string of the molecule is CC(=O)CCSc1nc(C)c(C)c(C)n1. The average molecular weight is 224 g/mol. The van der Waals surface area contributed by atoms with Gasteiger partial charge < -0.3 is 0 Å². The van der Waals surface area contributed by atoms with Crippen LogP contribution >= 0.6 is 11.8 Å². The Morgan fingerprint density at radius 2 is 1.73 bits per heavy atom. The monoisotopic (exact) mass is 224 g/mol. The highest BCUT2D eigenvalue weighted by molar-refractivity contribution is 7.99. The van der Waals surface area contributed by atoms with Gasteiger partial charge in [-0.15, -0.1) is 0 Å². The number of ketones is 1. The summed E-state index contributed by atoms with van der Waals surface area (Å²) >= 11 is 1.54. The zero-order valence-electron chi connectivity index (χ0n) is 9.63. The van der Waals surface area contributed by atoms with Crippen LogP contribution in [0.15, 0.2) is 5.16 Å². The number of hydrogen-bond donors (Lipinski definition) is 0. The van der Waals surface area contributed by atoms with Crippen molar-refractivity contribution in [3.8, 4) is 0 Å². The van der Waals surface area contributed by atoms with E-state index in [1.807, 2.05) is 20.8 Å². The van der Waals surface area contributed by atoms with E-state index in [0.29, 0.717) is 6.42 Å². The summed E-state index contributed by atoms with van der Waals surface area (Å²) in [4.78, 5) is 19.5. The third-order valence-electron chi connectivity index (χ3n) is 2.30. The number of carbonyl (C=O) groups is 1. The molecule has 0 N–H and O–H groups in total. The number of thioether (sulfide) groups is 1. The quantitative estimate of drug-likeness (QED) is 0.582. The van der Waals surface area contributed by atoms with E-state index in [-0.39, 0.29) is 5.78 Å². The summed E-state index contributed by atoms with van der Waals surface area (Å²) in [7, 11) is 0. The maximum absolute atomic E-state index is 10.8. The minimum Gasteiger partial charge on any atom is -0.300 e. The van der Waals surface area contributed by atoms with Gasteiger partial charge in [0.2, 0.25) is 0 Å². The van der Waals surface area contributed by atoms with Crippen LogP contribution in [0.4, 0.5) is 0 Å². The fourth-order valence-corrected chi connectivity index (χ4v) is 2.07. The van der Waals surface area contributed by atoms with E-state index in [0.717, 1.165) is 27.9 Å². The fraction of sp³-hybridized carbons (Fsp3) is 0.545. The van der Waals surface area contributed by atoms with Crippen LogP contribution in [0.1, 0.15) is 30.3 Å². The van der Waals surface area contributed by atoms with Gasteiger partial charge in [0.15, 0.2) is 5.16 Å². The van der Waals surface area contributed by atoms with E-state index in [9.17, 15) is 4.79 Å². The lowest BCUT2D eigenvalue weighted by Crippen LogP contribution is -1.99. The van der Waals surface area contributed by atoms with Crippen molar-refractivity contribution in [2.45, 2.75) is 39.3 Å². The molecule has 15 heavy (non-hydrogen) atoms. The van der Waals surface area contributed by atoms with Crippen LogP contribution in [0.25, 0.3) is 0 Å². The van der Waals surface area contributed by atoms with Crippen LogP contribution in [0, 0.1) is 20.8 Å². The molecule has 4 heteroatoms. The van der Waals surface area contributed by atoms with Gasteiger partial charge in [-0.2, -0.15) is 0 Å². The second-order valence-electron chi connectivity index (χ2n) is 3.60. The third kappa shape index (κ3) is 3.63. The molecule has 1 aromatic rings. The van der Waals surface area contributed by atoms with Gasteiger partial charge in [-0.1, -0.05) is 11.8 Å².